The zero-order valence-electron chi connectivity index (χ0n) is 7.78. The Hall–Kier alpha value is -1.52. The van der Waals surface area contributed by atoms with Crippen LogP contribution in [0.2, 0.25) is 0 Å². The van der Waals surface area contributed by atoms with Crippen molar-refractivity contribution in [2.24, 2.45) is 0 Å². The number of nitrogens with one attached hydrogen (secondary N) is 1. The zero-order chi connectivity index (χ0) is 10.1. The summed E-state index contributed by atoms with van der Waals surface area (Å²) in [6.07, 6.45) is 1.46. The number of pyridine rings is 1. The van der Waals surface area contributed by atoms with Crippen LogP contribution in [0.1, 0.15) is 12.6 Å². The van der Waals surface area contributed by atoms with Crippen molar-refractivity contribution in [1.82, 2.24) is 4.98 Å². The highest BCUT2D eigenvalue weighted by Crippen LogP contribution is 2.28. The van der Waals surface area contributed by atoms with Crippen molar-refractivity contribution < 1.29 is 9.53 Å². The van der Waals surface area contributed by atoms with Crippen LogP contribution in [0.4, 0.5) is 5.69 Å². The Kier molecular flexibility index (Phi) is 2.15. The number of nitrogens with zero attached hydrogens (tertiary/aromatic N) is 1. The van der Waals surface area contributed by atoms with Crippen LogP contribution < -0.4 is 10.1 Å². The average molecular weight is 188 g/mol. The summed E-state index contributed by atoms with van der Waals surface area (Å²) in [5.74, 6) is 0.445. The van der Waals surface area contributed by atoms with E-state index in [1.54, 1.807) is 19.2 Å². The normalized spacial score (nSPS) is 19.5. The number of aromatic nitrogens is 1. The first-order valence-electron chi connectivity index (χ1n) is 4.37. The molecule has 2 rings (SSSR count). The lowest BCUT2D eigenvalue weighted by Crippen LogP contribution is -2.34. The number of hydrogen-bond donors (Lipinski definition) is 1. The Morgan fingerprint density at radius 2 is 2.50 bits per heavy atom. The lowest BCUT2D eigenvalue weighted by molar-refractivity contribution is -0.122. The van der Waals surface area contributed by atoms with E-state index in [1.807, 2.05) is 0 Å². The molecule has 0 saturated heterocycles. The zero-order valence-corrected chi connectivity index (χ0v) is 7.78. The molecule has 1 aliphatic rings. The second-order valence-electron chi connectivity index (χ2n) is 3.13. The molecule has 0 spiro atoms. The van der Waals surface area contributed by atoms with E-state index in [4.69, 9.17) is 12.6 Å². The van der Waals surface area contributed by atoms with Crippen molar-refractivity contribution in [2.45, 2.75) is 19.3 Å². The molecule has 0 bridgehead atoms. The molecular weight excluding hydrogens is 179 g/mol. The number of amides is 1. The van der Waals surface area contributed by atoms with Crippen molar-refractivity contribution in [3.63, 3.8) is 0 Å². The first-order valence-corrected chi connectivity index (χ1v) is 4.37. The summed E-state index contributed by atoms with van der Waals surface area (Å²) in [5, 5.41) is 2.72. The molecule has 14 heavy (non-hydrogen) atoms. The Morgan fingerprint density at radius 1 is 1.71 bits per heavy atom. The number of hydrogen-bond acceptors (Lipinski definition) is 3. The van der Waals surface area contributed by atoms with Gasteiger partial charge in [-0.05, 0) is 19.3 Å². The van der Waals surface area contributed by atoms with Crippen molar-refractivity contribution in [1.29, 1.82) is 0 Å². The van der Waals surface area contributed by atoms with Crippen molar-refractivity contribution in [3.8, 4) is 5.75 Å². The molecule has 1 amide bonds. The van der Waals surface area contributed by atoms with Gasteiger partial charge in [0.25, 0.3) is 5.91 Å². The van der Waals surface area contributed by atoms with Gasteiger partial charge in [-0.15, -0.1) is 0 Å². The summed E-state index contributed by atoms with van der Waals surface area (Å²) in [6.45, 7) is 1.69. The molecule has 0 aliphatic carbocycles. The second-order valence-corrected chi connectivity index (χ2v) is 3.13. The third kappa shape index (κ3) is 1.45. The van der Waals surface area contributed by atoms with Gasteiger partial charge in [0.2, 0.25) is 0 Å². The van der Waals surface area contributed by atoms with Gasteiger partial charge in [0.15, 0.2) is 11.9 Å². The minimum atomic E-state index is -0.465. The van der Waals surface area contributed by atoms with Gasteiger partial charge in [-0.25, -0.2) is 0 Å². The van der Waals surface area contributed by atoms with Gasteiger partial charge in [0.1, 0.15) is 0 Å². The minimum Gasteiger partial charge on any atom is -0.477 e. The van der Waals surface area contributed by atoms with E-state index >= 15 is 0 Å². The smallest absolute Gasteiger partial charge is 0.265 e. The Morgan fingerprint density at radius 3 is 3.21 bits per heavy atom. The summed E-state index contributed by atoms with van der Waals surface area (Å²) in [4.78, 5) is 15.3. The molecule has 0 fully saturated rings. The van der Waals surface area contributed by atoms with Crippen LogP contribution in [0.25, 0.3) is 0 Å². The molecule has 1 aliphatic heterocycles. The van der Waals surface area contributed by atoms with Crippen molar-refractivity contribution in [3.05, 3.63) is 18.0 Å². The van der Waals surface area contributed by atoms with Crippen LogP contribution in [0, 0.1) is 0 Å². The van der Waals surface area contributed by atoms with Crippen molar-refractivity contribution in [2.75, 3.05) is 5.32 Å². The van der Waals surface area contributed by atoms with Crippen LogP contribution in [-0.4, -0.2) is 24.8 Å². The summed E-state index contributed by atoms with van der Waals surface area (Å²) in [6, 6.07) is 1.72. The molecular formula is C9H9BN2O2. The molecule has 4 nitrogen and oxygen atoms in total. The lowest BCUT2D eigenvalue weighted by Gasteiger charge is -2.23. The molecule has 1 unspecified atom stereocenters. The van der Waals surface area contributed by atoms with Gasteiger partial charge < -0.3 is 10.1 Å². The number of rotatable bonds is 1. The van der Waals surface area contributed by atoms with E-state index in [0.717, 1.165) is 5.69 Å². The predicted molar refractivity (Wildman–Crippen MR) is 52.4 cm³/mol. The first-order chi connectivity index (χ1) is 6.70. The molecule has 70 valence electrons. The summed E-state index contributed by atoms with van der Waals surface area (Å²) in [5.41, 5.74) is 1.37. The number of anilines is 1. The van der Waals surface area contributed by atoms with E-state index in [-0.39, 0.29) is 5.91 Å². The molecule has 0 saturated carbocycles. The van der Waals surface area contributed by atoms with Gasteiger partial charge in [-0.3, -0.25) is 9.78 Å². The maximum absolute atomic E-state index is 11.3. The molecule has 5 heteroatoms. The molecule has 0 aromatic carbocycles. The van der Waals surface area contributed by atoms with Crippen LogP contribution in [0.3, 0.4) is 0 Å². The SMILES string of the molecule is [B]Cc1cc2c(cn1)OC(C)C(=O)N2. The number of carbonyl (C=O) groups excluding carboxylic acids is 1. The third-order valence-electron chi connectivity index (χ3n) is 2.06. The highest BCUT2D eigenvalue weighted by atomic mass is 16.5. The predicted octanol–water partition coefficient (Wildman–Crippen LogP) is 0.469. The van der Waals surface area contributed by atoms with E-state index in [1.165, 1.54) is 0 Å². The molecule has 1 aromatic rings. The second kappa shape index (κ2) is 3.33. The molecule has 2 heterocycles. The lowest BCUT2D eigenvalue weighted by atomic mass is 10.0. The summed E-state index contributed by atoms with van der Waals surface area (Å²) in [7, 11) is 5.43. The molecule has 1 N–H and O–H groups in total. The fourth-order valence-electron chi connectivity index (χ4n) is 1.27. The van der Waals surface area contributed by atoms with Gasteiger partial charge in [0, 0.05) is 5.69 Å². The van der Waals surface area contributed by atoms with E-state index in [9.17, 15) is 4.79 Å². The maximum Gasteiger partial charge on any atom is 0.265 e. The Bertz CT molecular complexity index is 381. The molecule has 1 aromatic heterocycles. The summed E-state index contributed by atoms with van der Waals surface area (Å²) >= 11 is 0. The monoisotopic (exact) mass is 188 g/mol. The minimum absolute atomic E-state index is 0.147. The average Bonchev–Trinajstić information content (AvgIpc) is 2.19. The highest BCUT2D eigenvalue weighted by Gasteiger charge is 2.23. The standard InChI is InChI=1S/C9H9BN2O2/c1-5-9(13)12-7-2-6(3-10)11-4-8(7)14-5/h2,4-5H,3H2,1H3,(H,12,13). The van der Waals surface area contributed by atoms with Crippen molar-refractivity contribution >= 4 is 19.4 Å². The fraction of sp³-hybridized carbons (Fsp3) is 0.333. The number of fused-ring (bicyclic) bond motifs is 1. The quantitative estimate of drug-likeness (QED) is 0.651. The van der Waals surface area contributed by atoms with Crippen LogP contribution in [-0.2, 0) is 11.1 Å². The topological polar surface area (TPSA) is 51.2 Å². The Labute approximate surface area is 83.1 Å². The number of ether oxygens (including phenoxy) is 1. The largest absolute Gasteiger partial charge is 0.477 e. The van der Waals surface area contributed by atoms with Gasteiger partial charge >= 0.3 is 0 Å². The molecule has 1 atom stereocenters. The van der Waals surface area contributed by atoms with Gasteiger partial charge in [0.05, 0.1) is 19.7 Å². The van der Waals surface area contributed by atoms with Gasteiger partial charge in [-0.2, -0.15) is 0 Å². The maximum atomic E-state index is 11.3. The van der Waals surface area contributed by atoms with Crippen LogP contribution in [0.15, 0.2) is 12.3 Å². The first kappa shape index (κ1) is 9.06. The summed E-state index contributed by atoms with van der Waals surface area (Å²) < 4.78 is 5.33. The number of carbonyl (C=O) groups is 1. The third-order valence-corrected chi connectivity index (χ3v) is 2.06. The van der Waals surface area contributed by atoms with Gasteiger partial charge in [-0.1, -0.05) is 0 Å². The Balaban J connectivity index is 2.37. The van der Waals surface area contributed by atoms with E-state index < -0.39 is 6.10 Å². The van der Waals surface area contributed by atoms with Crippen LogP contribution in [0.5, 0.6) is 5.75 Å². The van der Waals surface area contributed by atoms with E-state index in [0.29, 0.717) is 17.8 Å². The van der Waals surface area contributed by atoms with E-state index in [2.05, 4.69) is 10.3 Å². The molecule has 2 radical (unpaired) electrons. The van der Waals surface area contributed by atoms with Crippen LogP contribution >= 0.6 is 0 Å². The highest BCUT2D eigenvalue weighted by molar-refractivity contribution is 6.08. The fourth-order valence-corrected chi connectivity index (χ4v) is 1.27.